The Labute approximate surface area is 137 Å². The number of methoxy groups -OCH3 is 1. The van der Waals surface area contributed by atoms with Crippen molar-refractivity contribution >= 4 is 17.8 Å². The first kappa shape index (κ1) is 16.0. The molecular formula is C17H15F2N3O2. The van der Waals surface area contributed by atoms with E-state index in [1.165, 1.54) is 19.5 Å². The fraction of sp³-hybridized carbons (Fsp3) is 0.235. The van der Waals surface area contributed by atoms with Gasteiger partial charge in [-0.15, -0.1) is 0 Å². The van der Waals surface area contributed by atoms with Crippen molar-refractivity contribution in [3.63, 3.8) is 0 Å². The van der Waals surface area contributed by atoms with E-state index in [1.807, 2.05) is 6.08 Å². The van der Waals surface area contributed by atoms with Gasteiger partial charge in [-0.3, -0.25) is 4.99 Å². The van der Waals surface area contributed by atoms with E-state index < -0.39 is 12.5 Å². The first-order valence-corrected chi connectivity index (χ1v) is 7.32. The fourth-order valence-corrected chi connectivity index (χ4v) is 2.51. The van der Waals surface area contributed by atoms with Gasteiger partial charge in [0.2, 0.25) is 0 Å². The second kappa shape index (κ2) is 6.74. The van der Waals surface area contributed by atoms with Gasteiger partial charge in [-0.05, 0) is 23.3 Å². The van der Waals surface area contributed by atoms with Crippen LogP contribution in [-0.4, -0.2) is 29.1 Å². The van der Waals surface area contributed by atoms with Gasteiger partial charge in [0.25, 0.3) is 0 Å². The molecule has 7 heteroatoms. The van der Waals surface area contributed by atoms with Gasteiger partial charge in [0, 0.05) is 24.4 Å². The van der Waals surface area contributed by atoms with Gasteiger partial charge < -0.3 is 4.74 Å². The Morgan fingerprint density at radius 2 is 2.08 bits per heavy atom. The third kappa shape index (κ3) is 3.24. The summed E-state index contributed by atoms with van der Waals surface area (Å²) in [6, 6.07) is 6.73. The number of esters is 1. The summed E-state index contributed by atoms with van der Waals surface area (Å²) in [7, 11) is 1.33. The minimum Gasteiger partial charge on any atom is -0.465 e. The number of carbonyl (C=O) groups excluding carboxylic acids is 1. The Hall–Kier alpha value is -2.83. The molecule has 2 aromatic rings. The lowest BCUT2D eigenvalue weighted by Gasteiger charge is -2.15. The molecule has 0 aliphatic carbocycles. The van der Waals surface area contributed by atoms with Gasteiger partial charge in [-0.1, -0.05) is 18.2 Å². The van der Waals surface area contributed by atoms with Crippen LogP contribution in [0.4, 0.5) is 8.78 Å². The zero-order chi connectivity index (χ0) is 17.1. The monoisotopic (exact) mass is 331 g/mol. The van der Waals surface area contributed by atoms with Gasteiger partial charge in [-0.25, -0.2) is 9.48 Å². The second-order valence-corrected chi connectivity index (χ2v) is 5.27. The molecule has 1 aliphatic rings. The highest BCUT2D eigenvalue weighted by Gasteiger charge is 2.16. The molecule has 0 saturated carbocycles. The fourth-order valence-electron chi connectivity index (χ4n) is 2.51. The van der Waals surface area contributed by atoms with Crippen molar-refractivity contribution in [2.24, 2.45) is 4.99 Å². The summed E-state index contributed by atoms with van der Waals surface area (Å²) in [4.78, 5) is 15.9. The molecule has 2 heterocycles. The normalized spacial score (nSPS) is 17.0. The number of rotatable bonds is 4. The number of halogens is 2. The van der Waals surface area contributed by atoms with Gasteiger partial charge in [0.05, 0.1) is 24.9 Å². The molecule has 0 saturated heterocycles. The number of ether oxygens (including phenoxy) is 1. The molecule has 0 spiro atoms. The highest BCUT2D eigenvalue weighted by Crippen LogP contribution is 2.30. The van der Waals surface area contributed by atoms with Gasteiger partial charge >= 0.3 is 12.5 Å². The van der Waals surface area contributed by atoms with Crippen LogP contribution < -0.4 is 0 Å². The lowest BCUT2D eigenvalue weighted by Crippen LogP contribution is -2.03. The smallest absolute Gasteiger partial charge is 0.337 e. The topological polar surface area (TPSA) is 56.5 Å². The summed E-state index contributed by atoms with van der Waals surface area (Å²) in [5, 5.41) is 3.66. The molecular weight excluding hydrogens is 316 g/mol. The minimum absolute atomic E-state index is 0.227. The van der Waals surface area contributed by atoms with Crippen LogP contribution in [0.1, 0.15) is 40.5 Å². The largest absolute Gasteiger partial charge is 0.465 e. The molecule has 1 atom stereocenters. The lowest BCUT2D eigenvalue weighted by atomic mass is 9.97. The number of alkyl halides is 2. The van der Waals surface area contributed by atoms with Crippen molar-refractivity contribution in [3.05, 3.63) is 59.4 Å². The highest BCUT2D eigenvalue weighted by molar-refractivity contribution is 5.89. The molecule has 3 rings (SSSR count). The van der Waals surface area contributed by atoms with Crippen LogP contribution in [0.5, 0.6) is 0 Å². The van der Waals surface area contributed by atoms with Crippen molar-refractivity contribution in [1.29, 1.82) is 0 Å². The number of allylic oxidation sites excluding steroid dienone is 1. The van der Waals surface area contributed by atoms with Crippen molar-refractivity contribution < 1.29 is 18.3 Å². The minimum atomic E-state index is -2.65. The van der Waals surface area contributed by atoms with E-state index in [0.717, 1.165) is 11.1 Å². The number of nitrogens with zero attached hydrogens (tertiary/aromatic N) is 3. The maximum atomic E-state index is 12.6. The van der Waals surface area contributed by atoms with E-state index in [-0.39, 0.29) is 6.04 Å². The summed E-state index contributed by atoms with van der Waals surface area (Å²) in [5.74, 6) is -0.399. The zero-order valence-electron chi connectivity index (χ0n) is 12.9. The van der Waals surface area contributed by atoms with Crippen molar-refractivity contribution in [2.45, 2.75) is 19.0 Å². The predicted molar refractivity (Wildman–Crippen MR) is 85.1 cm³/mol. The Bertz CT molecular complexity index is 794. The van der Waals surface area contributed by atoms with E-state index in [1.54, 1.807) is 30.5 Å². The van der Waals surface area contributed by atoms with Crippen LogP contribution in [0.3, 0.4) is 0 Å². The van der Waals surface area contributed by atoms with E-state index in [9.17, 15) is 13.6 Å². The number of aliphatic imine (C=N–C) groups is 1. The van der Waals surface area contributed by atoms with Crippen LogP contribution in [-0.2, 0) is 4.74 Å². The molecule has 0 radical (unpaired) electrons. The molecule has 124 valence electrons. The average molecular weight is 331 g/mol. The molecule has 24 heavy (non-hydrogen) atoms. The van der Waals surface area contributed by atoms with Crippen LogP contribution >= 0.6 is 0 Å². The SMILES string of the molecule is COC(=O)c1ccc([C@@H]2C=C(c3cnn(C(F)F)c3)CC=N2)cc1. The molecule has 0 amide bonds. The van der Waals surface area contributed by atoms with E-state index in [4.69, 9.17) is 0 Å². The number of aromatic nitrogens is 2. The molecule has 1 aromatic carbocycles. The maximum absolute atomic E-state index is 12.6. The first-order valence-electron chi connectivity index (χ1n) is 7.32. The van der Waals surface area contributed by atoms with Crippen molar-refractivity contribution in [1.82, 2.24) is 9.78 Å². The Kier molecular flexibility index (Phi) is 4.50. The Morgan fingerprint density at radius 1 is 1.33 bits per heavy atom. The average Bonchev–Trinajstić information content (AvgIpc) is 3.12. The number of hydrogen-bond acceptors (Lipinski definition) is 4. The predicted octanol–water partition coefficient (Wildman–Crippen LogP) is 3.66. The number of hydrogen-bond donors (Lipinski definition) is 0. The Balaban J connectivity index is 1.83. The molecule has 0 N–H and O–H groups in total. The second-order valence-electron chi connectivity index (χ2n) is 5.27. The lowest BCUT2D eigenvalue weighted by molar-refractivity contribution is 0.0565. The summed E-state index contributed by atoms with van der Waals surface area (Å²) in [5.41, 5.74) is 2.90. The van der Waals surface area contributed by atoms with Crippen molar-refractivity contribution in [2.75, 3.05) is 7.11 Å². The van der Waals surface area contributed by atoms with E-state index in [2.05, 4.69) is 14.8 Å². The van der Waals surface area contributed by atoms with Crippen molar-refractivity contribution in [3.8, 4) is 0 Å². The summed E-state index contributed by atoms with van der Waals surface area (Å²) in [6.45, 7) is -2.65. The molecule has 0 unspecified atom stereocenters. The summed E-state index contributed by atoms with van der Waals surface area (Å²) in [6.07, 6.45) is 6.99. The molecule has 0 bridgehead atoms. The number of dihydropyridines is 1. The maximum Gasteiger partial charge on any atom is 0.337 e. The van der Waals surface area contributed by atoms with Gasteiger partial charge in [0.1, 0.15) is 0 Å². The Morgan fingerprint density at radius 3 is 2.71 bits per heavy atom. The van der Waals surface area contributed by atoms with Crippen LogP contribution in [0.25, 0.3) is 5.57 Å². The van der Waals surface area contributed by atoms with Crippen LogP contribution in [0.2, 0.25) is 0 Å². The van der Waals surface area contributed by atoms with Crippen LogP contribution in [0, 0.1) is 0 Å². The van der Waals surface area contributed by atoms with Gasteiger partial charge in [0.15, 0.2) is 0 Å². The third-order valence-corrected chi connectivity index (χ3v) is 3.78. The highest BCUT2D eigenvalue weighted by atomic mass is 19.3. The third-order valence-electron chi connectivity index (χ3n) is 3.78. The molecule has 1 aliphatic heterocycles. The van der Waals surface area contributed by atoms with Gasteiger partial charge in [-0.2, -0.15) is 13.9 Å². The van der Waals surface area contributed by atoms with Crippen LogP contribution in [0.15, 0.2) is 47.7 Å². The standard InChI is InChI=1S/C17H15F2N3O2/c1-24-16(23)12-4-2-11(3-5-12)15-8-13(6-7-20-15)14-9-21-22(10-14)17(18)19/h2-5,7-10,15,17H,6H2,1H3/t15-/m0/s1. The zero-order valence-corrected chi connectivity index (χ0v) is 12.9. The van der Waals surface area contributed by atoms with E-state index >= 15 is 0 Å². The summed E-state index contributed by atoms with van der Waals surface area (Å²) < 4.78 is 30.6. The number of carbonyl (C=O) groups is 1. The van der Waals surface area contributed by atoms with E-state index in [0.29, 0.717) is 22.2 Å². The molecule has 0 fully saturated rings. The molecule has 5 nitrogen and oxygen atoms in total. The first-order chi connectivity index (χ1) is 11.6. The molecule has 1 aromatic heterocycles. The quantitative estimate of drug-likeness (QED) is 0.803. The number of benzene rings is 1. The summed E-state index contributed by atoms with van der Waals surface area (Å²) >= 11 is 0.